The molecule has 4 rings (SSSR count). The normalized spacial score (nSPS) is 17.4. The predicted octanol–water partition coefficient (Wildman–Crippen LogP) is 3.14. The highest BCUT2D eigenvalue weighted by atomic mass is 32.2. The Morgan fingerprint density at radius 1 is 1.25 bits per heavy atom. The summed E-state index contributed by atoms with van der Waals surface area (Å²) in [5, 5.41) is 2.83. The number of fused-ring (bicyclic) bond motifs is 1. The predicted molar refractivity (Wildman–Crippen MR) is 121 cm³/mol. The zero-order valence-electron chi connectivity index (χ0n) is 18.5. The third kappa shape index (κ3) is 4.35. The molecule has 3 aromatic rings. The molecule has 1 saturated heterocycles. The van der Waals surface area contributed by atoms with Gasteiger partial charge in [-0.05, 0) is 62.6 Å². The molecule has 9 heteroatoms. The highest BCUT2D eigenvalue weighted by molar-refractivity contribution is 7.89. The van der Waals surface area contributed by atoms with Gasteiger partial charge in [0.25, 0.3) is 5.91 Å². The number of rotatable bonds is 6. The zero-order chi connectivity index (χ0) is 22.9. The smallest absolute Gasteiger partial charge is 0.251 e. The van der Waals surface area contributed by atoms with Crippen molar-refractivity contribution in [1.29, 1.82) is 0 Å². The number of amides is 1. The van der Waals surface area contributed by atoms with Crippen molar-refractivity contribution < 1.29 is 17.9 Å². The molecular formula is C23H28N4O4S. The number of aryl methyl sites for hydroxylation is 1. The Bertz CT molecular complexity index is 1250. The van der Waals surface area contributed by atoms with E-state index in [-0.39, 0.29) is 34.7 Å². The quantitative estimate of drug-likeness (QED) is 0.615. The maximum Gasteiger partial charge on any atom is 0.251 e. The van der Waals surface area contributed by atoms with Crippen molar-refractivity contribution in [2.24, 2.45) is 0 Å². The molecule has 0 bridgehead atoms. The van der Waals surface area contributed by atoms with E-state index in [9.17, 15) is 13.2 Å². The highest BCUT2D eigenvalue weighted by Gasteiger charge is 2.33. The van der Waals surface area contributed by atoms with E-state index in [0.717, 1.165) is 30.5 Å². The molecule has 1 aliphatic heterocycles. The third-order valence-electron chi connectivity index (χ3n) is 5.85. The van der Waals surface area contributed by atoms with E-state index < -0.39 is 10.0 Å². The maximum absolute atomic E-state index is 13.4. The van der Waals surface area contributed by atoms with Crippen LogP contribution in [0.3, 0.4) is 0 Å². The van der Waals surface area contributed by atoms with Gasteiger partial charge in [0, 0.05) is 30.5 Å². The van der Waals surface area contributed by atoms with Crippen molar-refractivity contribution in [2.45, 2.75) is 50.6 Å². The number of sulfonamides is 1. The molecule has 1 aliphatic rings. The topological polar surface area (TPSA) is 93.0 Å². The van der Waals surface area contributed by atoms with Crippen LogP contribution in [0.1, 0.15) is 47.8 Å². The van der Waals surface area contributed by atoms with Crippen molar-refractivity contribution in [3.8, 4) is 5.75 Å². The minimum Gasteiger partial charge on any atom is -0.495 e. The van der Waals surface area contributed by atoms with Crippen LogP contribution in [0, 0.1) is 6.92 Å². The number of benzene rings is 1. The van der Waals surface area contributed by atoms with E-state index in [1.165, 1.54) is 23.5 Å². The van der Waals surface area contributed by atoms with E-state index in [0.29, 0.717) is 12.2 Å². The summed E-state index contributed by atoms with van der Waals surface area (Å²) < 4.78 is 35.4. The van der Waals surface area contributed by atoms with Gasteiger partial charge in [-0.1, -0.05) is 6.42 Å². The van der Waals surface area contributed by atoms with Crippen LogP contribution in [0.4, 0.5) is 0 Å². The molecule has 8 nitrogen and oxygen atoms in total. The molecule has 1 aromatic carbocycles. The van der Waals surface area contributed by atoms with Crippen molar-refractivity contribution in [3.63, 3.8) is 0 Å². The number of hydrogen-bond acceptors (Lipinski definition) is 5. The Balaban J connectivity index is 1.56. The molecular weight excluding hydrogens is 428 g/mol. The molecule has 1 unspecified atom stereocenters. The van der Waals surface area contributed by atoms with E-state index in [1.54, 1.807) is 6.07 Å². The Labute approximate surface area is 188 Å². The summed E-state index contributed by atoms with van der Waals surface area (Å²) >= 11 is 0. The van der Waals surface area contributed by atoms with Crippen molar-refractivity contribution in [2.75, 3.05) is 13.7 Å². The van der Waals surface area contributed by atoms with Crippen LogP contribution in [0.15, 0.2) is 47.6 Å². The second kappa shape index (κ2) is 8.91. The van der Waals surface area contributed by atoms with Gasteiger partial charge in [0.15, 0.2) is 0 Å². The number of aromatic nitrogens is 2. The van der Waals surface area contributed by atoms with E-state index in [1.807, 2.05) is 42.8 Å². The number of piperidine rings is 1. The molecule has 0 saturated carbocycles. The van der Waals surface area contributed by atoms with Gasteiger partial charge in [-0.15, -0.1) is 0 Å². The first-order chi connectivity index (χ1) is 15.3. The zero-order valence-corrected chi connectivity index (χ0v) is 19.4. The standard InChI is InChI=1S/C23H28N4O4S/c1-16-9-11-26-15-19(25-22(26)12-16)14-24-23(28)18-7-8-20(31-3)21(13-18)32(29,30)27-10-5-4-6-17(27)2/h7-9,11-13,15,17H,4-6,10,14H2,1-3H3,(H,24,28). The lowest BCUT2D eigenvalue weighted by Crippen LogP contribution is -2.42. The van der Waals surface area contributed by atoms with Gasteiger partial charge in [0.1, 0.15) is 16.3 Å². The van der Waals surface area contributed by atoms with Crippen LogP contribution in [0.2, 0.25) is 0 Å². The first-order valence-corrected chi connectivity index (χ1v) is 12.2. The monoisotopic (exact) mass is 456 g/mol. The van der Waals surface area contributed by atoms with Crippen LogP contribution < -0.4 is 10.1 Å². The van der Waals surface area contributed by atoms with Crippen LogP contribution in [-0.4, -0.2) is 47.7 Å². The fourth-order valence-electron chi connectivity index (χ4n) is 4.07. The Morgan fingerprint density at radius 3 is 2.81 bits per heavy atom. The minimum atomic E-state index is -3.79. The summed E-state index contributed by atoms with van der Waals surface area (Å²) in [5.41, 5.74) is 2.89. The van der Waals surface area contributed by atoms with Crippen LogP contribution >= 0.6 is 0 Å². The molecule has 1 atom stereocenters. The van der Waals surface area contributed by atoms with E-state index >= 15 is 0 Å². The van der Waals surface area contributed by atoms with Gasteiger partial charge < -0.3 is 14.5 Å². The molecule has 0 radical (unpaired) electrons. The number of imidazole rings is 1. The second-order valence-electron chi connectivity index (χ2n) is 8.21. The molecule has 170 valence electrons. The molecule has 1 amide bonds. The number of pyridine rings is 1. The van der Waals surface area contributed by atoms with Crippen molar-refractivity contribution in [1.82, 2.24) is 19.0 Å². The number of nitrogens with one attached hydrogen (secondary N) is 1. The summed E-state index contributed by atoms with van der Waals surface area (Å²) in [6, 6.07) is 8.36. The van der Waals surface area contributed by atoms with Gasteiger partial charge in [-0.2, -0.15) is 4.31 Å². The lowest BCUT2D eigenvalue weighted by atomic mass is 10.1. The number of methoxy groups -OCH3 is 1. The third-order valence-corrected chi connectivity index (χ3v) is 7.88. The van der Waals surface area contributed by atoms with Crippen molar-refractivity contribution >= 4 is 21.6 Å². The SMILES string of the molecule is COc1ccc(C(=O)NCc2cn3ccc(C)cc3n2)cc1S(=O)(=O)N1CCCCC1C. The summed E-state index contributed by atoms with van der Waals surface area (Å²) in [6.07, 6.45) is 6.43. The van der Waals surface area contributed by atoms with Crippen LogP contribution in [-0.2, 0) is 16.6 Å². The van der Waals surface area contributed by atoms with Gasteiger partial charge in [-0.25, -0.2) is 13.4 Å². The number of ether oxygens (including phenoxy) is 1. The number of carbonyl (C=O) groups excluding carboxylic acids is 1. The minimum absolute atomic E-state index is 0.0182. The fourth-order valence-corrected chi connectivity index (χ4v) is 5.95. The molecule has 3 heterocycles. The summed E-state index contributed by atoms with van der Waals surface area (Å²) in [4.78, 5) is 17.3. The molecule has 1 fully saturated rings. The Morgan fingerprint density at radius 2 is 2.06 bits per heavy atom. The van der Waals surface area contributed by atoms with Gasteiger partial charge in [-0.3, -0.25) is 4.79 Å². The van der Waals surface area contributed by atoms with Gasteiger partial charge in [0.05, 0.1) is 19.3 Å². The van der Waals surface area contributed by atoms with Gasteiger partial charge in [0.2, 0.25) is 10.0 Å². The molecule has 1 N–H and O–H groups in total. The average molecular weight is 457 g/mol. The van der Waals surface area contributed by atoms with Crippen LogP contribution in [0.5, 0.6) is 5.75 Å². The second-order valence-corrected chi connectivity index (χ2v) is 10.1. The Kier molecular flexibility index (Phi) is 6.21. The van der Waals surface area contributed by atoms with E-state index in [2.05, 4.69) is 10.3 Å². The highest BCUT2D eigenvalue weighted by Crippen LogP contribution is 2.31. The number of nitrogens with zero attached hydrogens (tertiary/aromatic N) is 3. The molecule has 0 aliphatic carbocycles. The number of carbonyl (C=O) groups is 1. The maximum atomic E-state index is 13.4. The summed E-state index contributed by atoms with van der Waals surface area (Å²) in [6.45, 7) is 4.61. The van der Waals surface area contributed by atoms with Crippen molar-refractivity contribution in [3.05, 3.63) is 59.5 Å². The average Bonchev–Trinajstić information content (AvgIpc) is 3.19. The van der Waals surface area contributed by atoms with Gasteiger partial charge >= 0.3 is 0 Å². The van der Waals surface area contributed by atoms with E-state index in [4.69, 9.17) is 4.74 Å². The number of hydrogen-bond donors (Lipinski definition) is 1. The lowest BCUT2D eigenvalue weighted by molar-refractivity contribution is 0.0950. The van der Waals surface area contributed by atoms with Crippen LogP contribution in [0.25, 0.3) is 5.65 Å². The Hall–Kier alpha value is -2.91. The first kappa shape index (κ1) is 22.3. The first-order valence-electron chi connectivity index (χ1n) is 10.7. The molecule has 0 spiro atoms. The largest absolute Gasteiger partial charge is 0.495 e. The molecule has 2 aromatic heterocycles. The lowest BCUT2D eigenvalue weighted by Gasteiger charge is -2.32. The summed E-state index contributed by atoms with van der Waals surface area (Å²) in [5.74, 6) is -0.140. The summed E-state index contributed by atoms with van der Waals surface area (Å²) in [7, 11) is -2.36. The molecule has 32 heavy (non-hydrogen) atoms. The fraction of sp³-hybridized carbons (Fsp3) is 0.391.